The van der Waals surface area contributed by atoms with Crippen molar-refractivity contribution in [3.05, 3.63) is 7.05 Å². The third-order valence-electron chi connectivity index (χ3n) is 2.70. The lowest BCUT2D eigenvalue weighted by Gasteiger charge is -2.33. The Kier molecular flexibility index (Phi) is 4.59. The van der Waals surface area contributed by atoms with Gasteiger partial charge in [0.25, 0.3) is 0 Å². The molecule has 1 fully saturated rings. The zero-order valence-corrected chi connectivity index (χ0v) is 10.6. The summed E-state index contributed by atoms with van der Waals surface area (Å²) in [6.45, 7) is 8.20. The zero-order valence-electron chi connectivity index (χ0n) is 10.6. The molecule has 0 spiro atoms. The summed E-state index contributed by atoms with van der Waals surface area (Å²) in [6, 6.07) is 0. The van der Waals surface area contributed by atoms with Crippen molar-refractivity contribution in [2.24, 2.45) is 5.92 Å². The topological polar surface area (TPSA) is 41.6 Å². The van der Waals surface area contributed by atoms with Gasteiger partial charge in [0, 0.05) is 20.1 Å². The molecule has 93 valence electrons. The summed E-state index contributed by atoms with van der Waals surface area (Å²) in [5.41, 5.74) is -0.400. The van der Waals surface area contributed by atoms with Crippen molar-refractivity contribution in [2.75, 3.05) is 19.6 Å². The van der Waals surface area contributed by atoms with Gasteiger partial charge in [0.2, 0.25) is 0 Å². The molecule has 0 aromatic carbocycles. The van der Waals surface area contributed by atoms with Crippen LogP contribution in [-0.2, 0) is 4.74 Å². The second kappa shape index (κ2) is 5.53. The molecule has 0 aromatic rings. The van der Waals surface area contributed by atoms with Crippen molar-refractivity contribution in [2.45, 2.75) is 39.2 Å². The Balaban J connectivity index is 2.33. The maximum absolute atomic E-state index is 11.8. The molecule has 1 aliphatic heterocycles. The first kappa shape index (κ1) is 13.3. The van der Waals surface area contributed by atoms with Crippen LogP contribution in [0, 0.1) is 13.0 Å². The van der Waals surface area contributed by atoms with E-state index in [2.05, 4.69) is 12.4 Å². The maximum atomic E-state index is 11.8. The fourth-order valence-corrected chi connectivity index (χ4v) is 1.85. The van der Waals surface area contributed by atoms with Gasteiger partial charge in [-0.2, -0.15) is 0 Å². The summed E-state index contributed by atoms with van der Waals surface area (Å²) in [5.74, 6) is 0.635. The highest BCUT2D eigenvalue weighted by molar-refractivity contribution is 5.68. The van der Waals surface area contributed by atoms with E-state index in [1.54, 1.807) is 4.90 Å². The van der Waals surface area contributed by atoms with Crippen LogP contribution >= 0.6 is 0 Å². The fraction of sp³-hybridized carbons (Fsp3) is 0.833. The molecule has 1 heterocycles. The molecule has 1 rings (SSSR count). The van der Waals surface area contributed by atoms with Gasteiger partial charge >= 0.3 is 6.09 Å². The number of hydrogen-bond donors (Lipinski definition) is 1. The number of likely N-dealkylation sites (tertiary alicyclic amines) is 1. The number of nitrogens with zero attached hydrogens (tertiary/aromatic N) is 1. The Morgan fingerprint density at radius 3 is 2.44 bits per heavy atom. The Labute approximate surface area is 98.3 Å². The number of carbonyl (C=O) groups excluding carboxylic acids is 1. The number of rotatable bonds is 2. The molecule has 0 saturated carbocycles. The molecule has 0 bridgehead atoms. The molecule has 1 amide bonds. The van der Waals surface area contributed by atoms with Crippen LogP contribution in [0.25, 0.3) is 0 Å². The third kappa shape index (κ3) is 4.39. The van der Waals surface area contributed by atoms with Crippen molar-refractivity contribution < 1.29 is 9.53 Å². The summed E-state index contributed by atoms with van der Waals surface area (Å²) in [6.07, 6.45) is 1.87. The molecule has 0 atom stereocenters. The normalized spacial score (nSPS) is 18.6. The van der Waals surface area contributed by atoms with Crippen LogP contribution in [0.3, 0.4) is 0 Å². The Hall–Kier alpha value is -0.770. The van der Waals surface area contributed by atoms with E-state index in [0.717, 1.165) is 32.5 Å². The predicted molar refractivity (Wildman–Crippen MR) is 63.9 cm³/mol. The van der Waals surface area contributed by atoms with Crippen LogP contribution in [0.1, 0.15) is 33.6 Å². The van der Waals surface area contributed by atoms with Gasteiger partial charge in [-0.1, -0.05) is 0 Å². The smallest absolute Gasteiger partial charge is 0.410 e. The molecule has 1 radical (unpaired) electrons. The van der Waals surface area contributed by atoms with Crippen LogP contribution in [0.2, 0.25) is 0 Å². The van der Waals surface area contributed by atoms with Crippen LogP contribution in [0.4, 0.5) is 4.79 Å². The van der Waals surface area contributed by atoms with Gasteiger partial charge in [-0.25, -0.2) is 4.79 Å². The molecule has 0 unspecified atom stereocenters. The van der Waals surface area contributed by atoms with Crippen molar-refractivity contribution in [1.82, 2.24) is 10.2 Å². The molecule has 4 heteroatoms. The maximum Gasteiger partial charge on any atom is 0.410 e. The van der Waals surface area contributed by atoms with Gasteiger partial charge in [-0.05, 0) is 46.1 Å². The Bertz CT molecular complexity index is 228. The quantitative estimate of drug-likeness (QED) is 0.784. The first-order valence-corrected chi connectivity index (χ1v) is 5.90. The van der Waals surface area contributed by atoms with E-state index in [1.807, 2.05) is 20.8 Å². The molecular weight excluding hydrogens is 204 g/mol. The van der Waals surface area contributed by atoms with Crippen molar-refractivity contribution >= 4 is 6.09 Å². The van der Waals surface area contributed by atoms with Gasteiger partial charge in [0.1, 0.15) is 5.60 Å². The molecule has 1 N–H and O–H groups in total. The molecule has 1 saturated heterocycles. The van der Waals surface area contributed by atoms with E-state index < -0.39 is 5.60 Å². The van der Waals surface area contributed by atoms with Gasteiger partial charge in [-0.15, -0.1) is 0 Å². The van der Waals surface area contributed by atoms with Gasteiger partial charge < -0.3 is 15.0 Å². The average molecular weight is 227 g/mol. The first-order chi connectivity index (χ1) is 7.42. The lowest BCUT2D eigenvalue weighted by molar-refractivity contribution is 0.0185. The lowest BCUT2D eigenvalue weighted by Crippen LogP contribution is -2.42. The number of amides is 1. The van der Waals surface area contributed by atoms with E-state index in [9.17, 15) is 4.79 Å². The standard InChI is InChI=1S/C12H23N2O2/c1-12(2,3)16-11(15)14-7-5-10(6-8-14)9-13-4/h10,13H,4-9H2,1-3H3. The number of nitrogens with one attached hydrogen (secondary N) is 1. The predicted octanol–water partition coefficient (Wildman–Crippen LogP) is 2.01. The first-order valence-electron chi connectivity index (χ1n) is 5.90. The van der Waals surface area contributed by atoms with E-state index in [1.165, 1.54) is 0 Å². The van der Waals surface area contributed by atoms with E-state index >= 15 is 0 Å². The molecule has 0 aliphatic carbocycles. The van der Waals surface area contributed by atoms with Crippen molar-refractivity contribution in [1.29, 1.82) is 0 Å². The zero-order chi connectivity index (χ0) is 12.2. The third-order valence-corrected chi connectivity index (χ3v) is 2.70. The summed E-state index contributed by atoms with van der Waals surface area (Å²) >= 11 is 0. The number of ether oxygens (including phenoxy) is 1. The summed E-state index contributed by atoms with van der Waals surface area (Å²) < 4.78 is 5.33. The van der Waals surface area contributed by atoms with Gasteiger partial charge in [0.15, 0.2) is 0 Å². The summed E-state index contributed by atoms with van der Waals surface area (Å²) in [5, 5.41) is 2.94. The number of hydrogen-bond acceptors (Lipinski definition) is 3. The highest BCUT2D eigenvalue weighted by Crippen LogP contribution is 2.18. The van der Waals surface area contributed by atoms with Crippen LogP contribution in [-0.4, -0.2) is 36.2 Å². The monoisotopic (exact) mass is 227 g/mol. The average Bonchev–Trinajstić information content (AvgIpc) is 2.16. The molecule has 4 nitrogen and oxygen atoms in total. The van der Waals surface area contributed by atoms with Gasteiger partial charge in [-0.3, -0.25) is 0 Å². The van der Waals surface area contributed by atoms with Crippen molar-refractivity contribution in [3.8, 4) is 0 Å². The second-order valence-corrected chi connectivity index (χ2v) is 5.36. The highest BCUT2D eigenvalue weighted by Gasteiger charge is 2.26. The minimum atomic E-state index is -0.400. The summed E-state index contributed by atoms with van der Waals surface area (Å²) in [7, 11) is 3.63. The minimum absolute atomic E-state index is 0.187. The van der Waals surface area contributed by atoms with Crippen molar-refractivity contribution in [3.63, 3.8) is 0 Å². The minimum Gasteiger partial charge on any atom is -0.444 e. The summed E-state index contributed by atoms with van der Waals surface area (Å²) in [4.78, 5) is 13.6. The number of piperidine rings is 1. The Morgan fingerprint density at radius 2 is 2.00 bits per heavy atom. The SMILES string of the molecule is [CH2]NCC1CCN(C(=O)OC(C)(C)C)CC1. The van der Waals surface area contributed by atoms with Crippen LogP contribution in [0.5, 0.6) is 0 Å². The lowest BCUT2D eigenvalue weighted by atomic mass is 9.97. The molecular formula is C12H23N2O2. The van der Waals surface area contributed by atoms with E-state index in [-0.39, 0.29) is 6.09 Å². The van der Waals surface area contributed by atoms with Crippen LogP contribution < -0.4 is 5.32 Å². The highest BCUT2D eigenvalue weighted by atomic mass is 16.6. The van der Waals surface area contributed by atoms with Gasteiger partial charge in [0.05, 0.1) is 0 Å². The largest absolute Gasteiger partial charge is 0.444 e. The van der Waals surface area contributed by atoms with E-state index in [4.69, 9.17) is 4.74 Å². The second-order valence-electron chi connectivity index (χ2n) is 5.36. The number of carbonyl (C=O) groups is 1. The Morgan fingerprint density at radius 1 is 1.44 bits per heavy atom. The molecule has 16 heavy (non-hydrogen) atoms. The molecule has 0 aromatic heterocycles. The fourth-order valence-electron chi connectivity index (χ4n) is 1.85. The molecule has 1 aliphatic rings. The van der Waals surface area contributed by atoms with E-state index in [0.29, 0.717) is 5.92 Å². The van der Waals surface area contributed by atoms with Crippen LogP contribution in [0.15, 0.2) is 0 Å².